The van der Waals surface area contributed by atoms with E-state index in [0.29, 0.717) is 0 Å². The van der Waals surface area contributed by atoms with Gasteiger partial charge in [0.15, 0.2) is 0 Å². The Labute approximate surface area is 377 Å². The molecule has 0 fully saturated rings. The van der Waals surface area contributed by atoms with Gasteiger partial charge in [0.1, 0.15) is 11.2 Å². The molecule has 13 rings (SSSR count). The highest BCUT2D eigenvalue weighted by atomic mass is 16.3. The van der Waals surface area contributed by atoms with E-state index in [-0.39, 0.29) is 0 Å². The number of anilines is 3. The first-order valence-electron chi connectivity index (χ1n) is 22.4. The lowest BCUT2D eigenvalue weighted by Gasteiger charge is -2.34. The van der Waals surface area contributed by atoms with Crippen LogP contribution in [-0.2, 0) is 5.41 Å². The van der Waals surface area contributed by atoms with Crippen molar-refractivity contribution in [2.75, 3.05) is 4.90 Å². The van der Waals surface area contributed by atoms with Crippen LogP contribution in [0.15, 0.2) is 253 Å². The molecule has 1 aromatic heterocycles. The summed E-state index contributed by atoms with van der Waals surface area (Å²) in [4.78, 5) is 2.40. The van der Waals surface area contributed by atoms with Crippen molar-refractivity contribution in [3.63, 3.8) is 0 Å². The lowest BCUT2D eigenvalue weighted by atomic mass is 9.67. The topological polar surface area (TPSA) is 16.4 Å². The summed E-state index contributed by atoms with van der Waals surface area (Å²) >= 11 is 0. The molecular formula is C63H41NO. The van der Waals surface area contributed by atoms with Crippen LogP contribution in [0.25, 0.3) is 76.9 Å². The molecule has 12 aromatic rings. The van der Waals surface area contributed by atoms with Crippen LogP contribution in [0.1, 0.15) is 22.3 Å². The lowest BCUT2D eigenvalue weighted by molar-refractivity contribution is 0.674. The molecule has 2 heteroatoms. The molecule has 11 aromatic carbocycles. The molecule has 1 aliphatic carbocycles. The third-order valence-electron chi connectivity index (χ3n) is 13.7. The number of rotatable bonds is 7. The molecule has 304 valence electrons. The largest absolute Gasteiger partial charge is 0.455 e. The summed E-state index contributed by atoms with van der Waals surface area (Å²) in [6.07, 6.45) is 0. The van der Waals surface area contributed by atoms with E-state index in [1.165, 1.54) is 55.1 Å². The van der Waals surface area contributed by atoms with Crippen molar-refractivity contribution in [2.24, 2.45) is 0 Å². The van der Waals surface area contributed by atoms with Gasteiger partial charge in [0.25, 0.3) is 0 Å². The van der Waals surface area contributed by atoms with Gasteiger partial charge in [0.05, 0.1) is 5.41 Å². The van der Waals surface area contributed by atoms with Crippen molar-refractivity contribution in [2.45, 2.75) is 5.41 Å². The Morgan fingerprint density at radius 2 is 0.846 bits per heavy atom. The fourth-order valence-electron chi connectivity index (χ4n) is 10.8. The fourth-order valence-corrected chi connectivity index (χ4v) is 10.8. The van der Waals surface area contributed by atoms with E-state index >= 15 is 0 Å². The number of furan rings is 1. The Morgan fingerprint density at radius 1 is 0.292 bits per heavy atom. The predicted octanol–water partition coefficient (Wildman–Crippen LogP) is 17.1. The Balaban J connectivity index is 0.980. The van der Waals surface area contributed by atoms with E-state index in [9.17, 15) is 0 Å². The lowest BCUT2D eigenvalue weighted by Crippen LogP contribution is -2.28. The number of hydrogen-bond acceptors (Lipinski definition) is 2. The summed E-state index contributed by atoms with van der Waals surface area (Å²) in [7, 11) is 0. The second-order valence-corrected chi connectivity index (χ2v) is 17.2. The smallest absolute Gasteiger partial charge is 0.143 e. The minimum Gasteiger partial charge on any atom is -0.455 e. The van der Waals surface area contributed by atoms with Crippen molar-refractivity contribution in [1.29, 1.82) is 0 Å². The quantitative estimate of drug-likeness (QED) is 0.159. The van der Waals surface area contributed by atoms with Gasteiger partial charge in [-0.05, 0) is 115 Å². The van der Waals surface area contributed by atoms with Crippen molar-refractivity contribution in [3.8, 4) is 33.4 Å². The van der Waals surface area contributed by atoms with Crippen molar-refractivity contribution < 1.29 is 4.42 Å². The molecule has 0 radical (unpaired) electrons. The average Bonchev–Trinajstić information content (AvgIpc) is 3.91. The number of nitrogens with zero attached hydrogens (tertiary/aromatic N) is 1. The van der Waals surface area contributed by atoms with Gasteiger partial charge in [-0.3, -0.25) is 0 Å². The summed E-state index contributed by atoms with van der Waals surface area (Å²) in [5, 5.41) is 6.95. The average molecular weight is 828 g/mol. The van der Waals surface area contributed by atoms with Gasteiger partial charge < -0.3 is 9.32 Å². The summed E-state index contributed by atoms with van der Waals surface area (Å²) in [5.41, 5.74) is 16.7. The fraction of sp³-hybridized carbons (Fsp3) is 0.0159. The summed E-state index contributed by atoms with van der Waals surface area (Å²) in [5.74, 6) is 0. The van der Waals surface area contributed by atoms with E-state index in [4.69, 9.17) is 4.42 Å². The van der Waals surface area contributed by atoms with Crippen molar-refractivity contribution in [1.82, 2.24) is 0 Å². The molecule has 1 heterocycles. The van der Waals surface area contributed by atoms with Gasteiger partial charge in [-0.2, -0.15) is 0 Å². The molecule has 0 atom stereocenters. The van der Waals surface area contributed by atoms with Gasteiger partial charge in [-0.25, -0.2) is 0 Å². The second kappa shape index (κ2) is 14.8. The molecule has 65 heavy (non-hydrogen) atoms. The zero-order valence-electron chi connectivity index (χ0n) is 35.5. The van der Waals surface area contributed by atoms with Crippen LogP contribution in [0.4, 0.5) is 17.1 Å². The van der Waals surface area contributed by atoms with Crippen LogP contribution in [0, 0.1) is 0 Å². The predicted molar refractivity (Wildman–Crippen MR) is 272 cm³/mol. The first-order chi connectivity index (χ1) is 32.2. The summed E-state index contributed by atoms with van der Waals surface area (Å²) in [6, 6.07) is 90.8. The number of fused-ring (bicyclic) bond motifs is 9. The van der Waals surface area contributed by atoms with E-state index in [0.717, 1.165) is 61.1 Å². The standard InChI is InChI=1S/C63H41NO/c1-3-21-48(22-4-1)63(49-23-5-2-6-24-49)59-31-12-11-28-55(59)56-36-34-46(41-60(56)63)45-19-13-25-50(39-45)64(52-35-32-42-16-7-8-18-44(42)38-52)51-26-14-20-47(40-51)54-29-15-30-57-58-37-33-43-17-9-10-27-53(43)61(58)65-62(54)57/h1-41H. The van der Waals surface area contributed by atoms with Crippen LogP contribution in [0.3, 0.4) is 0 Å². The Kier molecular flexibility index (Phi) is 8.47. The van der Waals surface area contributed by atoms with Crippen LogP contribution < -0.4 is 4.90 Å². The Bertz CT molecular complexity index is 3750. The zero-order valence-corrected chi connectivity index (χ0v) is 35.5. The summed E-state index contributed by atoms with van der Waals surface area (Å²) < 4.78 is 6.84. The zero-order chi connectivity index (χ0) is 42.9. The van der Waals surface area contributed by atoms with Crippen molar-refractivity contribution in [3.05, 3.63) is 271 Å². The third-order valence-corrected chi connectivity index (χ3v) is 13.7. The molecule has 0 saturated carbocycles. The maximum absolute atomic E-state index is 6.84. The molecule has 0 saturated heterocycles. The Hall–Kier alpha value is -8.46. The molecule has 0 bridgehead atoms. The number of benzene rings is 11. The van der Waals surface area contributed by atoms with Gasteiger partial charge in [0.2, 0.25) is 0 Å². The first-order valence-corrected chi connectivity index (χ1v) is 22.4. The van der Waals surface area contributed by atoms with Crippen LogP contribution in [-0.4, -0.2) is 0 Å². The van der Waals surface area contributed by atoms with Gasteiger partial charge in [0, 0.05) is 38.8 Å². The second-order valence-electron chi connectivity index (χ2n) is 17.2. The van der Waals surface area contributed by atoms with Crippen LogP contribution >= 0.6 is 0 Å². The van der Waals surface area contributed by atoms with E-state index < -0.39 is 5.41 Å². The van der Waals surface area contributed by atoms with Gasteiger partial charge >= 0.3 is 0 Å². The highest BCUT2D eigenvalue weighted by Gasteiger charge is 2.46. The highest BCUT2D eigenvalue weighted by molar-refractivity contribution is 6.17. The van der Waals surface area contributed by atoms with E-state index in [2.05, 4.69) is 254 Å². The van der Waals surface area contributed by atoms with Crippen molar-refractivity contribution >= 4 is 60.5 Å². The van der Waals surface area contributed by atoms with E-state index in [1.54, 1.807) is 0 Å². The Morgan fingerprint density at radius 3 is 1.65 bits per heavy atom. The minimum atomic E-state index is -0.477. The molecule has 0 aliphatic heterocycles. The molecule has 0 spiro atoms. The molecule has 2 nitrogen and oxygen atoms in total. The maximum atomic E-state index is 6.84. The monoisotopic (exact) mass is 827 g/mol. The maximum Gasteiger partial charge on any atom is 0.143 e. The molecular weight excluding hydrogens is 787 g/mol. The minimum absolute atomic E-state index is 0.477. The summed E-state index contributed by atoms with van der Waals surface area (Å²) in [6.45, 7) is 0. The SMILES string of the molecule is c1ccc(C2(c3ccccc3)c3ccccc3-c3ccc(-c4cccc(N(c5cccc(-c6cccc7c6oc6c8ccccc8ccc76)c5)c5ccc6ccccc6c5)c4)cc32)cc1. The molecule has 0 N–H and O–H groups in total. The molecule has 0 amide bonds. The normalized spacial score (nSPS) is 12.7. The van der Waals surface area contributed by atoms with E-state index in [1.807, 2.05) is 0 Å². The third kappa shape index (κ3) is 5.81. The number of hydrogen-bond donors (Lipinski definition) is 0. The van der Waals surface area contributed by atoms with Gasteiger partial charge in [-0.1, -0.05) is 200 Å². The van der Waals surface area contributed by atoms with Gasteiger partial charge in [-0.15, -0.1) is 0 Å². The first kappa shape index (κ1) is 37.1. The highest BCUT2D eigenvalue weighted by Crippen LogP contribution is 2.57. The van der Waals surface area contributed by atoms with Crippen LogP contribution in [0.5, 0.6) is 0 Å². The molecule has 1 aliphatic rings. The molecule has 0 unspecified atom stereocenters. The number of para-hydroxylation sites is 1. The van der Waals surface area contributed by atoms with Crippen LogP contribution in [0.2, 0.25) is 0 Å².